The van der Waals surface area contributed by atoms with Gasteiger partial charge in [0.1, 0.15) is 21.5 Å². The van der Waals surface area contributed by atoms with Crippen LogP contribution in [0, 0.1) is 11.3 Å². The predicted octanol–water partition coefficient (Wildman–Crippen LogP) is 4.16. The number of nitrogens with zero attached hydrogens (tertiary/aromatic N) is 1. The number of carbonyl (C=O) groups is 2. The fourth-order valence-corrected chi connectivity index (χ4v) is 3.48. The number of thiophene rings is 1. The molecule has 0 saturated heterocycles. The van der Waals surface area contributed by atoms with E-state index in [-0.39, 0.29) is 22.0 Å². The first-order chi connectivity index (χ1) is 13.5. The molecule has 0 aliphatic heterocycles. The zero-order valence-corrected chi connectivity index (χ0v) is 15.8. The number of nitrogen functional groups attached to an aromatic ring is 1. The highest BCUT2D eigenvalue weighted by atomic mass is 32.1. The summed E-state index contributed by atoms with van der Waals surface area (Å²) in [4.78, 5) is 24.0. The fraction of sp³-hybridized carbons (Fsp3) is 0.0500. The molecule has 0 unspecified atom stereocenters. The molecule has 3 aromatic rings. The van der Waals surface area contributed by atoms with Gasteiger partial charge in [-0.05, 0) is 36.4 Å². The largest absolute Gasteiger partial charge is 0.396 e. The molecule has 2 aromatic carbocycles. The second-order valence-electron chi connectivity index (χ2n) is 5.86. The summed E-state index contributed by atoms with van der Waals surface area (Å²) < 4.78 is 0. The highest BCUT2D eigenvalue weighted by Gasteiger charge is 2.21. The van der Waals surface area contributed by atoms with Crippen molar-refractivity contribution >= 4 is 50.9 Å². The molecule has 0 atom stereocenters. The van der Waals surface area contributed by atoms with Gasteiger partial charge in [0.2, 0.25) is 5.91 Å². The molecule has 5 N–H and O–H groups in total. The number of nitrogens with two attached hydrogens (primary N) is 1. The summed E-state index contributed by atoms with van der Waals surface area (Å²) in [6, 6.07) is 18.1. The molecule has 1 heterocycles. The van der Waals surface area contributed by atoms with Gasteiger partial charge >= 0.3 is 0 Å². The van der Waals surface area contributed by atoms with Crippen LogP contribution in [-0.4, -0.2) is 11.8 Å². The molecular weight excluding hydrogens is 374 g/mol. The molecular formula is C20H17N5O2S. The van der Waals surface area contributed by atoms with Crippen molar-refractivity contribution in [2.75, 3.05) is 21.7 Å². The minimum atomic E-state index is -0.410. The predicted molar refractivity (Wildman–Crippen MR) is 112 cm³/mol. The molecule has 0 radical (unpaired) electrons. The van der Waals surface area contributed by atoms with Gasteiger partial charge in [0.15, 0.2) is 0 Å². The lowest BCUT2D eigenvalue weighted by Gasteiger charge is -2.06. The third-order valence-corrected chi connectivity index (χ3v) is 4.88. The highest BCUT2D eigenvalue weighted by Crippen LogP contribution is 2.37. The smallest absolute Gasteiger partial charge is 0.267 e. The molecule has 0 bridgehead atoms. The quantitative estimate of drug-likeness (QED) is 0.521. The number of carbonyl (C=O) groups excluding carboxylic acids is 2. The number of para-hydroxylation sites is 1. The number of nitrogens with one attached hydrogen (secondary N) is 3. The van der Waals surface area contributed by atoms with Gasteiger partial charge in [-0.1, -0.05) is 18.2 Å². The number of rotatable bonds is 5. The average molecular weight is 391 g/mol. The zero-order valence-electron chi connectivity index (χ0n) is 14.9. The van der Waals surface area contributed by atoms with Crippen molar-refractivity contribution in [3.8, 4) is 6.07 Å². The minimum absolute atomic E-state index is 0.137. The summed E-state index contributed by atoms with van der Waals surface area (Å²) in [5, 5.41) is 18.5. The lowest BCUT2D eigenvalue weighted by molar-refractivity contribution is -0.114. The van der Waals surface area contributed by atoms with Crippen LogP contribution in [0.4, 0.5) is 27.8 Å². The van der Waals surface area contributed by atoms with Crippen molar-refractivity contribution in [3.63, 3.8) is 0 Å². The Labute approximate surface area is 165 Å². The van der Waals surface area contributed by atoms with E-state index in [1.807, 2.05) is 30.3 Å². The molecule has 0 fully saturated rings. The first-order valence-corrected chi connectivity index (χ1v) is 9.13. The number of nitriles is 1. The van der Waals surface area contributed by atoms with E-state index in [2.05, 4.69) is 22.0 Å². The van der Waals surface area contributed by atoms with Crippen molar-refractivity contribution in [3.05, 3.63) is 65.0 Å². The molecule has 8 heteroatoms. The molecule has 7 nitrogen and oxygen atoms in total. The van der Waals surface area contributed by atoms with Gasteiger partial charge in [-0.2, -0.15) is 5.26 Å². The fourth-order valence-electron chi connectivity index (χ4n) is 2.49. The van der Waals surface area contributed by atoms with Crippen molar-refractivity contribution < 1.29 is 9.59 Å². The molecule has 28 heavy (non-hydrogen) atoms. The normalized spacial score (nSPS) is 10.0. The first-order valence-electron chi connectivity index (χ1n) is 8.31. The van der Waals surface area contributed by atoms with Crippen molar-refractivity contribution in [2.24, 2.45) is 0 Å². The Hall–Kier alpha value is -3.83. The van der Waals surface area contributed by atoms with Gasteiger partial charge < -0.3 is 21.7 Å². The second-order valence-corrected chi connectivity index (χ2v) is 6.89. The van der Waals surface area contributed by atoms with Gasteiger partial charge in [0.05, 0.1) is 5.69 Å². The van der Waals surface area contributed by atoms with E-state index in [9.17, 15) is 14.9 Å². The van der Waals surface area contributed by atoms with Crippen LogP contribution in [0.1, 0.15) is 22.2 Å². The third-order valence-electron chi connectivity index (χ3n) is 3.76. The van der Waals surface area contributed by atoms with Gasteiger partial charge in [0.25, 0.3) is 5.91 Å². The number of benzene rings is 2. The lowest BCUT2D eigenvalue weighted by atomic mass is 10.2. The van der Waals surface area contributed by atoms with Crippen LogP contribution in [0.5, 0.6) is 0 Å². The molecule has 0 spiro atoms. The third kappa shape index (κ3) is 4.28. The molecule has 3 rings (SSSR count). The summed E-state index contributed by atoms with van der Waals surface area (Å²) in [6.45, 7) is 1.42. The molecule has 0 aliphatic carbocycles. The van der Waals surface area contributed by atoms with Crippen molar-refractivity contribution in [2.45, 2.75) is 6.92 Å². The SMILES string of the molecule is CC(=O)Nc1ccc(NC(=O)c2sc(Nc3ccccc3)c(C#N)c2N)cc1. The number of hydrogen-bond donors (Lipinski definition) is 4. The number of anilines is 5. The Balaban J connectivity index is 1.80. The van der Waals surface area contributed by atoms with E-state index in [4.69, 9.17) is 5.73 Å². The second kappa shape index (κ2) is 8.24. The summed E-state index contributed by atoms with van der Waals surface area (Å²) in [5.74, 6) is -0.585. The van der Waals surface area contributed by atoms with Crippen molar-refractivity contribution in [1.29, 1.82) is 5.26 Å². The maximum Gasteiger partial charge on any atom is 0.267 e. The summed E-state index contributed by atoms with van der Waals surface area (Å²) in [6.07, 6.45) is 0. The molecule has 0 aliphatic rings. The highest BCUT2D eigenvalue weighted by molar-refractivity contribution is 7.19. The van der Waals surface area contributed by atoms with Gasteiger partial charge in [0, 0.05) is 24.0 Å². The Morgan fingerprint density at radius 2 is 1.57 bits per heavy atom. The van der Waals surface area contributed by atoms with E-state index in [1.165, 1.54) is 6.92 Å². The topological polar surface area (TPSA) is 120 Å². The minimum Gasteiger partial charge on any atom is -0.396 e. The maximum absolute atomic E-state index is 12.6. The van der Waals surface area contributed by atoms with Crippen LogP contribution in [0.2, 0.25) is 0 Å². The van der Waals surface area contributed by atoms with Crippen LogP contribution >= 0.6 is 11.3 Å². The molecule has 140 valence electrons. The molecule has 0 saturated carbocycles. The van der Waals surface area contributed by atoms with Crippen LogP contribution in [0.15, 0.2) is 54.6 Å². The lowest BCUT2D eigenvalue weighted by Crippen LogP contribution is -2.12. The Bertz CT molecular complexity index is 1050. The number of amides is 2. The summed E-state index contributed by atoms with van der Waals surface area (Å²) in [7, 11) is 0. The first kappa shape index (κ1) is 18.9. The van der Waals surface area contributed by atoms with Gasteiger partial charge in [-0.3, -0.25) is 9.59 Å². The van der Waals surface area contributed by atoms with Crippen molar-refractivity contribution in [1.82, 2.24) is 0 Å². The van der Waals surface area contributed by atoms with Gasteiger partial charge in [-0.25, -0.2) is 0 Å². The Kier molecular flexibility index (Phi) is 5.58. The Morgan fingerprint density at radius 1 is 0.964 bits per heavy atom. The van der Waals surface area contributed by atoms with E-state index >= 15 is 0 Å². The monoisotopic (exact) mass is 391 g/mol. The molecule has 2 amide bonds. The van der Waals surface area contributed by atoms with E-state index in [1.54, 1.807) is 24.3 Å². The Morgan fingerprint density at radius 3 is 2.14 bits per heavy atom. The van der Waals surface area contributed by atoms with E-state index < -0.39 is 5.91 Å². The molecule has 1 aromatic heterocycles. The van der Waals surface area contributed by atoms with Crippen LogP contribution in [-0.2, 0) is 4.79 Å². The average Bonchev–Trinajstić information content (AvgIpc) is 2.99. The van der Waals surface area contributed by atoms with Crippen LogP contribution in [0.25, 0.3) is 0 Å². The standard InChI is InChI=1S/C20H17N5O2S/c1-12(26)23-14-7-9-15(10-8-14)24-19(27)18-17(22)16(11-21)20(28-18)25-13-5-3-2-4-6-13/h2-10,25H,22H2,1H3,(H,23,26)(H,24,27). The van der Waals surface area contributed by atoms with E-state index in [0.717, 1.165) is 17.0 Å². The summed E-state index contributed by atoms with van der Waals surface area (Å²) >= 11 is 1.12. The van der Waals surface area contributed by atoms with E-state index in [0.29, 0.717) is 16.4 Å². The number of hydrogen-bond acceptors (Lipinski definition) is 6. The van der Waals surface area contributed by atoms with Gasteiger partial charge in [-0.15, -0.1) is 11.3 Å². The van der Waals surface area contributed by atoms with Crippen LogP contribution in [0.3, 0.4) is 0 Å². The van der Waals surface area contributed by atoms with Crippen LogP contribution < -0.4 is 21.7 Å². The summed E-state index contributed by atoms with van der Waals surface area (Å²) in [5.41, 5.74) is 8.38. The zero-order chi connectivity index (χ0) is 20.1. The maximum atomic E-state index is 12.6.